The van der Waals surface area contributed by atoms with Gasteiger partial charge in [-0.25, -0.2) is 9.67 Å². The van der Waals surface area contributed by atoms with Crippen LogP contribution < -0.4 is 20.3 Å². The van der Waals surface area contributed by atoms with Crippen molar-refractivity contribution in [2.45, 2.75) is 25.8 Å². The summed E-state index contributed by atoms with van der Waals surface area (Å²) in [5.74, 6) is 1.96. The summed E-state index contributed by atoms with van der Waals surface area (Å²) in [6, 6.07) is 5.58. The molecule has 4 rings (SSSR count). The first kappa shape index (κ1) is 19.4. The van der Waals surface area contributed by atoms with Crippen molar-refractivity contribution in [1.29, 1.82) is 0 Å². The fourth-order valence-electron chi connectivity index (χ4n) is 3.15. The molecule has 29 heavy (non-hydrogen) atoms. The number of anilines is 1. The number of thiazole rings is 1. The van der Waals surface area contributed by atoms with Crippen LogP contribution in [0.5, 0.6) is 11.6 Å². The zero-order valence-electron chi connectivity index (χ0n) is 16.6. The molecule has 9 heteroatoms. The molecule has 8 nitrogen and oxygen atoms in total. The van der Waals surface area contributed by atoms with Crippen molar-refractivity contribution in [3.63, 3.8) is 0 Å². The van der Waals surface area contributed by atoms with Crippen LogP contribution in [0.15, 0.2) is 35.4 Å². The maximum Gasteiger partial charge on any atom is 0.290 e. The first-order chi connectivity index (χ1) is 14.0. The van der Waals surface area contributed by atoms with E-state index in [4.69, 9.17) is 9.47 Å². The molecule has 0 radical (unpaired) electrons. The van der Waals surface area contributed by atoms with E-state index in [0.717, 1.165) is 27.7 Å². The average molecular weight is 414 g/mol. The Kier molecular flexibility index (Phi) is 5.48. The lowest BCUT2D eigenvalue weighted by molar-refractivity contribution is 0.278. The standard InChI is InChI=1S/C20H23N5O3S/c1-12-8-23-19(29-12)10-22-17-7-18(24-25(2)20(17)26)28-11-13-6-15(13)16-5-4-14(27-3)9-21-16/h4-5,7-9,13,15,22H,6,10-11H2,1-3H3/t13?,15-/m1/s1. The lowest BCUT2D eigenvalue weighted by Gasteiger charge is -2.10. The van der Waals surface area contributed by atoms with Crippen LogP contribution in [0.1, 0.15) is 27.9 Å². The van der Waals surface area contributed by atoms with Crippen LogP contribution in [0.2, 0.25) is 0 Å². The zero-order valence-corrected chi connectivity index (χ0v) is 17.4. The monoisotopic (exact) mass is 413 g/mol. The maximum absolute atomic E-state index is 12.3. The number of rotatable bonds is 8. The van der Waals surface area contributed by atoms with E-state index < -0.39 is 0 Å². The molecular formula is C20H23N5O3S. The number of nitrogens with one attached hydrogen (secondary N) is 1. The molecule has 1 aliphatic carbocycles. The van der Waals surface area contributed by atoms with Crippen molar-refractivity contribution >= 4 is 17.0 Å². The van der Waals surface area contributed by atoms with Gasteiger partial charge in [-0.05, 0) is 25.5 Å². The Morgan fingerprint density at radius 3 is 2.86 bits per heavy atom. The Morgan fingerprint density at radius 2 is 2.17 bits per heavy atom. The predicted octanol–water partition coefficient (Wildman–Crippen LogP) is 2.74. The van der Waals surface area contributed by atoms with Gasteiger partial charge in [-0.15, -0.1) is 16.4 Å². The quantitative estimate of drug-likeness (QED) is 0.607. The third kappa shape index (κ3) is 4.56. The molecule has 2 atom stereocenters. The second kappa shape index (κ2) is 8.20. The van der Waals surface area contributed by atoms with Crippen LogP contribution in [0.3, 0.4) is 0 Å². The number of methoxy groups -OCH3 is 1. The van der Waals surface area contributed by atoms with Crippen molar-refractivity contribution in [2.24, 2.45) is 13.0 Å². The van der Waals surface area contributed by atoms with Crippen LogP contribution in [0.4, 0.5) is 5.69 Å². The average Bonchev–Trinajstić information content (AvgIpc) is 3.39. The molecule has 3 aromatic rings. The Labute approximate surface area is 172 Å². The summed E-state index contributed by atoms with van der Waals surface area (Å²) < 4.78 is 12.3. The molecule has 1 aliphatic rings. The highest BCUT2D eigenvalue weighted by atomic mass is 32.1. The highest BCUT2D eigenvalue weighted by molar-refractivity contribution is 7.11. The molecule has 1 unspecified atom stereocenters. The van der Waals surface area contributed by atoms with E-state index in [1.807, 2.05) is 25.3 Å². The SMILES string of the molecule is COc1ccc([C@@H]2CC2COc2cc(NCc3ncc(C)s3)c(=O)n(C)n2)nc1. The molecule has 3 heterocycles. The summed E-state index contributed by atoms with van der Waals surface area (Å²) in [4.78, 5) is 22.2. The van der Waals surface area contributed by atoms with E-state index in [2.05, 4.69) is 20.4 Å². The Hall–Kier alpha value is -2.94. The smallest absolute Gasteiger partial charge is 0.290 e. The molecule has 0 bridgehead atoms. The van der Waals surface area contributed by atoms with Gasteiger partial charge in [0.15, 0.2) is 0 Å². The lowest BCUT2D eigenvalue weighted by atomic mass is 10.2. The second-order valence-corrected chi connectivity index (χ2v) is 8.40. The van der Waals surface area contributed by atoms with Crippen LogP contribution in [0, 0.1) is 12.8 Å². The minimum Gasteiger partial charge on any atom is -0.495 e. The summed E-state index contributed by atoms with van der Waals surface area (Å²) in [7, 11) is 3.25. The topological polar surface area (TPSA) is 91.2 Å². The molecular weight excluding hydrogens is 390 g/mol. The Morgan fingerprint density at radius 1 is 1.31 bits per heavy atom. The summed E-state index contributed by atoms with van der Waals surface area (Å²) in [5.41, 5.74) is 1.31. The summed E-state index contributed by atoms with van der Waals surface area (Å²) in [6.45, 7) is 3.03. The summed E-state index contributed by atoms with van der Waals surface area (Å²) >= 11 is 1.60. The molecule has 1 fully saturated rings. The molecule has 152 valence electrons. The van der Waals surface area contributed by atoms with Gasteiger partial charge < -0.3 is 14.8 Å². The highest BCUT2D eigenvalue weighted by Gasteiger charge is 2.40. The van der Waals surface area contributed by atoms with Gasteiger partial charge in [0.25, 0.3) is 5.56 Å². The van der Waals surface area contributed by atoms with E-state index in [1.54, 1.807) is 37.8 Å². The van der Waals surface area contributed by atoms with Gasteiger partial charge in [-0.3, -0.25) is 9.78 Å². The lowest BCUT2D eigenvalue weighted by Crippen LogP contribution is -2.24. The Balaban J connectivity index is 1.36. The third-order valence-corrected chi connectivity index (χ3v) is 5.80. The number of aromatic nitrogens is 4. The summed E-state index contributed by atoms with van der Waals surface area (Å²) in [6.07, 6.45) is 4.59. The number of ether oxygens (including phenoxy) is 2. The van der Waals surface area contributed by atoms with Crippen LogP contribution in [-0.2, 0) is 13.6 Å². The first-order valence-corrected chi connectivity index (χ1v) is 10.2. The van der Waals surface area contributed by atoms with Crippen LogP contribution in [-0.4, -0.2) is 33.5 Å². The fourth-order valence-corrected chi connectivity index (χ4v) is 3.88. The Bertz CT molecular complexity index is 1050. The molecule has 1 N–H and O–H groups in total. The number of aryl methyl sites for hydroxylation is 2. The van der Waals surface area contributed by atoms with Crippen LogP contribution >= 0.6 is 11.3 Å². The number of hydrogen-bond acceptors (Lipinski definition) is 8. The van der Waals surface area contributed by atoms with Gasteiger partial charge in [0.2, 0.25) is 5.88 Å². The fraction of sp³-hybridized carbons (Fsp3) is 0.400. The van der Waals surface area contributed by atoms with E-state index >= 15 is 0 Å². The molecule has 0 amide bonds. The van der Waals surface area contributed by atoms with Gasteiger partial charge >= 0.3 is 0 Å². The van der Waals surface area contributed by atoms with Crippen molar-refractivity contribution < 1.29 is 9.47 Å². The molecule has 0 saturated heterocycles. The largest absolute Gasteiger partial charge is 0.495 e. The maximum atomic E-state index is 12.3. The molecule has 1 saturated carbocycles. The third-order valence-electron chi connectivity index (χ3n) is 4.88. The normalized spacial score (nSPS) is 17.8. The van der Waals surface area contributed by atoms with E-state index in [1.165, 1.54) is 4.68 Å². The van der Waals surface area contributed by atoms with Crippen LogP contribution in [0.25, 0.3) is 0 Å². The molecule has 0 spiro atoms. The number of pyridine rings is 1. The van der Waals surface area contributed by atoms with Gasteiger partial charge in [0.1, 0.15) is 16.4 Å². The van der Waals surface area contributed by atoms with Gasteiger partial charge in [-0.1, -0.05) is 0 Å². The number of hydrogen-bond donors (Lipinski definition) is 1. The zero-order chi connectivity index (χ0) is 20.4. The van der Waals surface area contributed by atoms with Crippen molar-refractivity contribution in [2.75, 3.05) is 19.0 Å². The van der Waals surface area contributed by atoms with Crippen molar-refractivity contribution in [3.05, 3.63) is 56.5 Å². The predicted molar refractivity (Wildman–Crippen MR) is 111 cm³/mol. The summed E-state index contributed by atoms with van der Waals surface area (Å²) in [5, 5.41) is 8.28. The first-order valence-electron chi connectivity index (χ1n) is 9.39. The second-order valence-electron chi connectivity index (χ2n) is 7.08. The highest BCUT2D eigenvalue weighted by Crippen LogP contribution is 2.46. The van der Waals surface area contributed by atoms with E-state index in [0.29, 0.717) is 36.6 Å². The molecule has 0 aliphatic heterocycles. The molecule has 0 aromatic carbocycles. The molecule has 3 aromatic heterocycles. The van der Waals surface area contributed by atoms with Crippen molar-refractivity contribution in [1.82, 2.24) is 19.7 Å². The van der Waals surface area contributed by atoms with E-state index in [-0.39, 0.29) is 5.56 Å². The van der Waals surface area contributed by atoms with Gasteiger partial charge in [0, 0.05) is 41.7 Å². The van der Waals surface area contributed by atoms with Gasteiger partial charge in [0.05, 0.1) is 26.5 Å². The van der Waals surface area contributed by atoms with Crippen molar-refractivity contribution in [3.8, 4) is 11.6 Å². The minimum absolute atomic E-state index is 0.197. The minimum atomic E-state index is -0.197. The number of nitrogens with zero attached hydrogens (tertiary/aromatic N) is 4. The van der Waals surface area contributed by atoms with Gasteiger partial charge in [-0.2, -0.15) is 0 Å². The van der Waals surface area contributed by atoms with E-state index in [9.17, 15) is 4.79 Å².